The predicted molar refractivity (Wildman–Crippen MR) is 211 cm³/mol. The number of nitrogens with two attached hydrogens (primary N) is 3. The van der Waals surface area contributed by atoms with E-state index in [9.17, 15) is 43.1 Å². The van der Waals surface area contributed by atoms with Crippen LogP contribution >= 0.6 is 0 Å². The molecule has 20 heteroatoms. The van der Waals surface area contributed by atoms with Gasteiger partial charge in [0, 0.05) is 13.1 Å². The van der Waals surface area contributed by atoms with Crippen LogP contribution in [-0.4, -0.2) is 109 Å². The van der Waals surface area contributed by atoms with Crippen molar-refractivity contribution in [1.82, 2.24) is 37.2 Å². The van der Waals surface area contributed by atoms with E-state index in [4.69, 9.17) is 17.2 Å². The van der Waals surface area contributed by atoms with Crippen LogP contribution in [0.2, 0.25) is 0 Å². The first-order valence-corrected chi connectivity index (χ1v) is 19.1. The van der Waals surface area contributed by atoms with Crippen molar-refractivity contribution in [2.75, 3.05) is 26.2 Å². The number of nitrogens with one attached hydrogen (secondary N) is 7. The van der Waals surface area contributed by atoms with Gasteiger partial charge in [0.05, 0.1) is 19.1 Å². The molecule has 1 aromatic carbocycles. The molecule has 0 heterocycles. The predicted octanol–water partition coefficient (Wildman–Crippen LogP) is -1.56. The monoisotopic (exact) mass is 807 g/mol. The second kappa shape index (κ2) is 26.5. The Kier molecular flexibility index (Phi) is 23.1. The van der Waals surface area contributed by atoms with Crippen molar-refractivity contribution in [3.05, 3.63) is 35.6 Å². The van der Waals surface area contributed by atoms with Crippen LogP contribution in [0.3, 0.4) is 0 Å². The van der Waals surface area contributed by atoms with E-state index in [0.717, 1.165) is 5.56 Å². The number of hydrogen-bond acceptors (Lipinski definition) is 10. The highest BCUT2D eigenvalue weighted by atomic mass is 19.1. The summed E-state index contributed by atoms with van der Waals surface area (Å²) in [4.78, 5) is 92.7. The lowest BCUT2D eigenvalue weighted by Gasteiger charge is -2.25. The van der Waals surface area contributed by atoms with Crippen LogP contribution in [-0.2, 0) is 40.1 Å². The number of aliphatic carboxylic acids is 1. The first-order chi connectivity index (χ1) is 26.9. The summed E-state index contributed by atoms with van der Waals surface area (Å²) in [6.45, 7) is 8.48. The molecule has 6 amide bonds. The lowest BCUT2D eigenvalue weighted by molar-refractivity contribution is -0.142. The van der Waals surface area contributed by atoms with E-state index in [2.05, 4.69) is 42.2 Å². The Labute approximate surface area is 333 Å². The number of aliphatic imine (C=N–C) groups is 1. The van der Waals surface area contributed by atoms with E-state index in [1.165, 1.54) is 19.1 Å². The van der Waals surface area contributed by atoms with E-state index in [1.54, 1.807) is 26.0 Å². The fourth-order valence-electron chi connectivity index (χ4n) is 5.27. The average molecular weight is 808 g/mol. The van der Waals surface area contributed by atoms with Crippen molar-refractivity contribution < 1.29 is 43.1 Å². The Morgan fingerprint density at radius 3 is 2.02 bits per heavy atom. The summed E-state index contributed by atoms with van der Waals surface area (Å²) in [6, 6.07) is 0.689. The van der Waals surface area contributed by atoms with Gasteiger partial charge in [-0.25, -0.2) is 9.18 Å². The lowest BCUT2D eigenvalue weighted by Crippen LogP contribution is -2.57. The molecule has 1 aromatic rings. The largest absolute Gasteiger partial charge is 0.480 e. The third kappa shape index (κ3) is 20.4. The zero-order valence-corrected chi connectivity index (χ0v) is 33.5. The number of carboxylic acids is 1. The Morgan fingerprint density at radius 1 is 0.789 bits per heavy atom. The number of hydrogen-bond donors (Lipinski definition) is 11. The number of carboxylic acid groups (broad SMARTS) is 1. The first kappa shape index (κ1) is 49.6. The highest BCUT2D eigenvalue weighted by Gasteiger charge is 2.29. The molecule has 19 nitrogen and oxygen atoms in total. The van der Waals surface area contributed by atoms with Gasteiger partial charge in [-0.15, -0.1) is 0 Å². The molecule has 0 aliphatic heterocycles. The van der Waals surface area contributed by atoms with E-state index in [0.29, 0.717) is 32.4 Å². The molecule has 0 spiro atoms. The Bertz CT molecular complexity index is 1530. The SMILES string of the molecule is CC[C@H](C)[C@H](N)C(=O)NCC(=O)N[C@@H](CCCCNCc1cccc(F)c1)C(=O)NCC(=O)N[C@H](C(=O)N[C@@H](C)C(=O)N[C@@H](CCCN=C(N)N)C(=O)O)C(C)C. The maximum absolute atomic E-state index is 13.5. The number of carbonyl (C=O) groups excluding carboxylic acids is 6. The van der Waals surface area contributed by atoms with Crippen LogP contribution < -0.4 is 54.4 Å². The van der Waals surface area contributed by atoms with Gasteiger partial charge in [-0.2, -0.15) is 0 Å². The minimum absolute atomic E-state index is 0.0261. The molecule has 57 heavy (non-hydrogen) atoms. The van der Waals surface area contributed by atoms with Crippen molar-refractivity contribution in [2.24, 2.45) is 34.0 Å². The third-order valence-corrected chi connectivity index (χ3v) is 8.95. The van der Waals surface area contributed by atoms with Crippen LogP contribution in [0.5, 0.6) is 0 Å². The molecule has 6 atom stereocenters. The van der Waals surface area contributed by atoms with Crippen LogP contribution in [0.4, 0.5) is 4.39 Å². The molecule has 0 radical (unpaired) electrons. The number of unbranched alkanes of at least 4 members (excludes halogenated alkanes) is 1. The number of amides is 6. The van der Waals surface area contributed by atoms with Gasteiger partial charge in [0.2, 0.25) is 35.4 Å². The van der Waals surface area contributed by atoms with Gasteiger partial charge < -0.3 is 59.5 Å². The molecule has 0 fully saturated rings. The molecule has 0 saturated carbocycles. The number of rotatable bonds is 27. The van der Waals surface area contributed by atoms with Crippen LogP contribution in [0.25, 0.3) is 0 Å². The normalized spacial score (nSPS) is 14.1. The zero-order chi connectivity index (χ0) is 43.1. The molecule has 0 bridgehead atoms. The van der Waals surface area contributed by atoms with Gasteiger partial charge in [0.15, 0.2) is 5.96 Å². The molecule has 0 unspecified atom stereocenters. The first-order valence-electron chi connectivity index (χ1n) is 19.1. The van der Waals surface area contributed by atoms with Crippen LogP contribution in [0.15, 0.2) is 29.3 Å². The van der Waals surface area contributed by atoms with Gasteiger partial charge in [0.25, 0.3) is 0 Å². The maximum atomic E-state index is 13.5. The fourth-order valence-corrected chi connectivity index (χ4v) is 5.27. The quantitative estimate of drug-likeness (QED) is 0.0273. The van der Waals surface area contributed by atoms with Crippen LogP contribution in [0, 0.1) is 17.7 Å². The summed E-state index contributed by atoms with van der Waals surface area (Å²) < 4.78 is 13.5. The van der Waals surface area contributed by atoms with E-state index >= 15 is 0 Å². The van der Waals surface area contributed by atoms with Gasteiger partial charge in [-0.3, -0.25) is 33.8 Å². The summed E-state index contributed by atoms with van der Waals surface area (Å²) >= 11 is 0. The van der Waals surface area contributed by atoms with Gasteiger partial charge >= 0.3 is 5.97 Å². The van der Waals surface area contributed by atoms with Crippen molar-refractivity contribution in [3.8, 4) is 0 Å². The van der Waals surface area contributed by atoms with Crippen molar-refractivity contribution in [3.63, 3.8) is 0 Å². The second-order valence-corrected chi connectivity index (χ2v) is 14.1. The highest BCUT2D eigenvalue weighted by Crippen LogP contribution is 2.07. The summed E-state index contributed by atoms with van der Waals surface area (Å²) in [5.74, 6) is -6.44. The zero-order valence-electron chi connectivity index (χ0n) is 33.5. The van der Waals surface area contributed by atoms with Gasteiger partial charge in [-0.1, -0.05) is 46.2 Å². The van der Waals surface area contributed by atoms with Crippen molar-refractivity contribution >= 4 is 47.4 Å². The Hall–Kier alpha value is -5.37. The standard InChI is InChI=1S/C37H62FN11O8/c1-6-22(4)30(39)34(54)45-19-28(50)47-26(13-7-8-15-42-18-24-11-9-12-25(38)17-24)33(53)44-20-29(51)49-31(21(2)3)35(55)46-23(5)32(52)48-27(36(56)57)14-10-16-43-37(40)41/h9,11-12,17,21-23,26-27,30-31,42H,6-8,10,13-16,18-20,39H2,1-5H3,(H,44,53)(H,45,54)(H,46,55)(H,47,50)(H,48,52)(H,49,51)(H,56,57)(H4,40,41,43)/t22-,23-,26-,27-,30-,31-/m0/s1. The van der Waals surface area contributed by atoms with Gasteiger partial charge in [0.1, 0.15) is 30.0 Å². The Balaban J connectivity index is 2.82. The second-order valence-electron chi connectivity index (χ2n) is 14.1. The van der Waals surface area contributed by atoms with Crippen LogP contribution in [0.1, 0.15) is 78.7 Å². The molecule has 0 aromatic heterocycles. The van der Waals surface area contributed by atoms with E-state index in [-0.39, 0.29) is 43.5 Å². The number of carbonyl (C=O) groups is 7. The smallest absolute Gasteiger partial charge is 0.326 e. The van der Waals surface area contributed by atoms with E-state index < -0.39 is 90.6 Å². The molecule has 14 N–H and O–H groups in total. The van der Waals surface area contributed by atoms with Crippen molar-refractivity contribution in [2.45, 2.75) is 110 Å². The molecule has 0 aliphatic rings. The number of nitrogens with zero attached hydrogens (tertiary/aromatic N) is 1. The maximum Gasteiger partial charge on any atom is 0.326 e. The summed E-state index contributed by atoms with van der Waals surface area (Å²) in [5, 5.41) is 27.6. The summed E-state index contributed by atoms with van der Waals surface area (Å²) in [7, 11) is 0. The van der Waals surface area contributed by atoms with Gasteiger partial charge in [-0.05, 0) is 75.1 Å². The lowest BCUT2D eigenvalue weighted by atomic mass is 9.99. The molecule has 1 rings (SSSR count). The molecular formula is C37H62FN11O8. The molecular weight excluding hydrogens is 745 g/mol. The topological polar surface area (TPSA) is 314 Å². The number of guanidine groups is 1. The molecule has 320 valence electrons. The highest BCUT2D eigenvalue weighted by molar-refractivity contribution is 5.95. The minimum Gasteiger partial charge on any atom is -0.480 e. The number of halogens is 1. The fraction of sp³-hybridized carbons (Fsp3) is 0.622. The summed E-state index contributed by atoms with van der Waals surface area (Å²) in [5.41, 5.74) is 17.2. The van der Waals surface area contributed by atoms with E-state index in [1.807, 2.05) is 13.8 Å². The van der Waals surface area contributed by atoms with Crippen molar-refractivity contribution in [1.29, 1.82) is 0 Å². The number of benzene rings is 1. The molecule has 0 saturated heterocycles. The summed E-state index contributed by atoms with van der Waals surface area (Å²) in [6.07, 6.45) is 2.19. The molecule has 0 aliphatic carbocycles. The third-order valence-electron chi connectivity index (χ3n) is 8.95. The average Bonchev–Trinajstić information content (AvgIpc) is 3.15. The Morgan fingerprint density at radius 2 is 1.42 bits per heavy atom. The minimum atomic E-state index is -1.29.